The van der Waals surface area contributed by atoms with Gasteiger partial charge in [0, 0.05) is 5.57 Å². The van der Waals surface area contributed by atoms with Crippen molar-refractivity contribution >= 4 is 0 Å². The fourth-order valence-corrected chi connectivity index (χ4v) is 1.82. The maximum Gasteiger partial charge on any atom is 0.0828 e. The van der Waals surface area contributed by atoms with Crippen LogP contribution < -0.4 is 0 Å². The first-order valence-corrected chi connectivity index (χ1v) is 4.16. The van der Waals surface area contributed by atoms with Crippen LogP contribution in [-0.4, -0.2) is 11.2 Å². The first kappa shape index (κ1) is 8.58. The van der Waals surface area contributed by atoms with Crippen LogP contribution >= 0.6 is 0 Å². The van der Waals surface area contributed by atoms with Crippen LogP contribution in [0, 0.1) is 5.41 Å². The van der Waals surface area contributed by atoms with Gasteiger partial charge in [0.25, 0.3) is 0 Å². The molecule has 0 aliphatic heterocycles. The molecule has 0 aromatic rings. The molecule has 1 N–H and O–H groups in total. The van der Waals surface area contributed by atoms with Gasteiger partial charge in [0.1, 0.15) is 0 Å². The summed E-state index contributed by atoms with van der Waals surface area (Å²) in [5.41, 5.74) is 3.96. The molecule has 0 heterocycles. The Kier molecular flexibility index (Phi) is 2.22. The highest BCUT2D eigenvalue weighted by molar-refractivity contribution is 5.17. The molecule has 1 rings (SSSR count). The van der Waals surface area contributed by atoms with Gasteiger partial charge < -0.3 is 5.11 Å². The van der Waals surface area contributed by atoms with E-state index in [1.54, 1.807) is 0 Å². The SMILES string of the molecule is C=C=C1C(O)CCCC1(C)C. The first-order chi connectivity index (χ1) is 5.08. The van der Waals surface area contributed by atoms with Gasteiger partial charge in [-0.05, 0) is 24.7 Å². The molecular weight excluding hydrogens is 136 g/mol. The summed E-state index contributed by atoms with van der Waals surface area (Å²) in [5, 5.41) is 9.57. The number of aliphatic hydroxyl groups is 1. The minimum Gasteiger partial charge on any atom is -0.388 e. The van der Waals surface area contributed by atoms with Gasteiger partial charge >= 0.3 is 0 Å². The molecule has 0 bridgehead atoms. The molecule has 1 unspecified atom stereocenters. The van der Waals surface area contributed by atoms with E-state index in [1.807, 2.05) is 0 Å². The van der Waals surface area contributed by atoms with E-state index >= 15 is 0 Å². The summed E-state index contributed by atoms with van der Waals surface area (Å²) in [4.78, 5) is 0. The normalized spacial score (nSPS) is 29.7. The second-order valence-electron chi connectivity index (χ2n) is 3.88. The standard InChI is InChI=1S/C10H16O/c1-4-8-9(11)6-5-7-10(8,2)3/h9,11H,1,5-7H2,2-3H3. The van der Waals surface area contributed by atoms with Crippen LogP contribution in [0.2, 0.25) is 0 Å². The topological polar surface area (TPSA) is 20.2 Å². The predicted octanol–water partition coefficient (Wildman–Crippen LogP) is 2.27. The van der Waals surface area contributed by atoms with Crippen molar-refractivity contribution in [1.82, 2.24) is 0 Å². The van der Waals surface area contributed by atoms with Crippen LogP contribution in [0.25, 0.3) is 0 Å². The summed E-state index contributed by atoms with van der Waals surface area (Å²) in [5.74, 6) is 0. The molecule has 0 saturated heterocycles. The van der Waals surface area contributed by atoms with E-state index in [1.165, 1.54) is 0 Å². The second-order valence-corrected chi connectivity index (χ2v) is 3.88. The Morgan fingerprint density at radius 3 is 2.64 bits per heavy atom. The fourth-order valence-electron chi connectivity index (χ4n) is 1.82. The lowest BCUT2D eigenvalue weighted by molar-refractivity contribution is 0.135. The van der Waals surface area contributed by atoms with Crippen LogP contribution in [-0.2, 0) is 0 Å². The van der Waals surface area contributed by atoms with E-state index < -0.39 is 0 Å². The minimum atomic E-state index is -0.295. The Morgan fingerprint density at radius 2 is 2.27 bits per heavy atom. The van der Waals surface area contributed by atoms with Gasteiger partial charge in [-0.1, -0.05) is 20.4 Å². The average Bonchev–Trinajstić information content (AvgIpc) is 1.86. The molecule has 0 spiro atoms. The summed E-state index contributed by atoms with van der Waals surface area (Å²) in [7, 11) is 0. The lowest BCUT2D eigenvalue weighted by Crippen LogP contribution is -2.29. The van der Waals surface area contributed by atoms with Crippen LogP contribution in [0.4, 0.5) is 0 Å². The highest BCUT2D eigenvalue weighted by Crippen LogP contribution is 2.39. The molecule has 0 aromatic heterocycles. The van der Waals surface area contributed by atoms with Crippen molar-refractivity contribution in [3.8, 4) is 0 Å². The van der Waals surface area contributed by atoms with Gasteiger partial charge in [0.2, 0.25) is 0 Å². The number of rotatable bonds is 0. The van der Waals surface area contributed by atoms with Crippen molar-refractivity contribution in [2.24, 2.45) is 5.41 Å². The van der Waals surface area contributed by atoms with Crippen LogP contribution in [0.1, 0.15) is 33.1 Å². The van der Waals surface area contributed by atoms with E-state index in [9.17, 15) is 5.11 Å². The number of hydrogen-bond acceptors (Lipinski definition) is 1. The molecule has 1 aliphatic rings. The van der Waals surface area contributed by atoms with Crippen LogP contribution in [0.15, 0.2) is 17.9 Å². The monoisotopic (exact) mass is 152 g/mol. The number of aliphatic hydroxyl groups excluding tert-OH is 1. The van der Waals surface area contributed by atoms with Gasteiger partial charge in [-0.3, -0.25) is 0 Å². The molecule has 62 valence electrons. The fraction of sp³-hybridized carbons (Fsp3) is 0.700. The van der Waals surface area contributed by atoms with Gasteiger partial charge in [-0.25, -0.2) is 0 Å². The molecule has 1 nitrogen and oxygen atoms in total. The van der Waals surface area contributed by atoms with Crippen molar-refractivity contribution in [2.75, 3.05) is 0 Å². The highest BCUT2D eigenvalue weighted by Gasteiger charge is 2.31. The lowest BCUT2D eigenvalue weighted by Gasteiger charge is -2.34. The van der Waals surface area contributed by atoms with Crippen molar-refractivity contribution in [3.05, 3.63) is 17.9 Å². The summed E-state index contributed by atoms with van der Waals surface area (Å²) in [6, 6.07) is 0. The maximum atomic E-state index is 9.57. The van der Waals surface area contributed by atoms with Crippen LogP contribution in [0.5, 0.6) is 0 Å². The van der Waals surface area contributed by atoms with E-state index in [-0.39, 0.29) is 11.5 Å². The molecule has 1 atom stereocenters. The highest BCUT2D eigenvalue weighted by atomic mass is 16.3. The summed E-state index contributed by atoms with van der Waals surface area (Å²) < 4.78 is 0. The molecule has 1 saturated carbocycles. The lowest BCUT2D eigenvalue weighted by atomic mass is 9.72. The quantitative estimate of drug-likeness (QED) is 0.528. The zero-order valence-corrected chi connectivity index (χ0v) is 7.35. The average molecular weight is 152 g/mol. The molecule has 11 heavy (non-hydrogen) atoms. The molecule has 1 fully saturated rings. The Balaban J connectivity index is 2.90. The molecule has 0 aromatic carbocycles. The van der Waals surface area contributed by atoms with Gasteiger partial charge in [-0.15, -0.1) is 5.73 Å². The Morgan fingerprint density at radius 1 is 1.64 bits per heavy atom. The summed E-state index contributed by atoms with van der Waals surface area (Å²) in [6.45, 7) is 7.89. The van der Waals surface area contributed by atoms with E-state index in [0.29, 0.717) is 0 Å². The summed E-state index contributed by atoms with van der Waals surface area (Å²) in [6.07, 6.45) is 2.83. The first-order valence-electron chi connectivity index (χ1n) is 4.16. The van der Waals surface area contributed by atoms with Crippen molar-refractivity contribution in [1.29, 1.82) is 0 Å². The third kappa shape index (κ3) is 1.55. The third-order valence-electron chi connectivity index (χ3n) is 2.53. The molecule has 1 heteroatoms. The smallest absolute Gasteiger partial charge is 0.0828 e. The van der Waals surface area contributed by atoms with E-state index in [0.717, 1.165) is 24.8 Å². The maximum absolute atomic E-state index is 9.57. The Bertz CT molecular complexity index is 197. The van der Waals surface area contributed by atoms with Gasteiger partial charge in [-0.2, -0.15) is 0 Å². The van der Waals surface area contributed by atoms with Crippen molar-refractivity contribution < 1.29 is 5.11 Å². The van der Waals surface area contributed by atoms with Gasteiger partial charge in [0.05, 0.1) is 6.10 Å². The van der Waals surface area contributed by atoms with Crippen LogP contribution in [0.3, 0.4) is 0 Å². The van der Waals surface area contributed by atoms with Gasteiger partial charge in [0.15, 0.2) is 0 Å². The molecule has 0 amide bonds. The Hall–Kier alpha value is -0.520. The zero-order valence-electron chi connectivity index (χ0n) is 7.35. The van der Waals surface area contributed by atoms with E-state index in [2.05, 4.69) is 26.2 Å². The molecule has 0 radical (unpaired) electrons. The molecule has 1 aliphatic carbocycles. The predicted molar refractivity (Wildman–Crippen MR) is 46.3 cm³/mol. The summed E-state index contributed by atoms with van der Waals surface area (Å²) >= 11 is 0. The van der Waals surface area contributed by atoms with E-state index in [4.69, 9.17) is 0 Å². The number of hydrogen-bond donors (Lipinski definition) is 1. The largest absolute Gasteiger partial charge is 0.388 e. The minimum absolute atomic E-state index is 0.111. The third-order valence-corrected chi connectivity index (χ3v) is 2.53. The Labute approximate surface area is 68.4 Å². The van der Waals surface area contributed by atoms with Crippen molar-refractivity contribution in [3.63, 3.8) is 0 Å². The second kappa shape index (κ2) is 2.84. The zero-order chi connectivity index (χ0) is 8.48. The van der Waals surface area contributed by atoms with Crippen molar-refractivity contribution in [2.45, 2.75) is 39.2 Å². The molecular formula is C10H16O.